The minimum absolute atomic E-state index is 0.0251. The molecule has 2 rings (SSSR count). The fraction of sp³-hybridized carbons (Fsp3) is 0.889. The van der Waals surface area contributed by atoms with Gasteiger partial charge in [0, 0.05) is 32.5 Å². The number of hydroxylamine groups is 2. The number of aromatic nitrogens is 2. The van der Waals surface area contributed by atoms with Crippen molar-refractivity contribution in [3.8, 4) is 0 Å². The Kier molecular flexibility index (Phi) is 19.2. The van der Waals surface area contributed by atoms with Crippen molar-refractivity contribution in [2.45, 2.75) is 180 Å². The Hall–Kier alpha value is -1.30. The van der Waals surface area contributed by atoms with E-state index in [1.54, 1.807) is 7.11 Å². The van der Waals surface area contributed by atoms with Crippen LogP contribution in [0.4, 0.5) is 0 Å². The molecule has 1 N–H and O–H groups in total. The van der Waals surface area contributed by atoms with Crippen LogP contribution >= 0.6 is 0 Å². The highest BCUT2D eigenvalue weighted by Crippen LogP contribution is 2.42. The summed E-state index contributed by atoms with van der Waals surface area (Å²) in [6.45, 7) is 17.7. The van der Waals surface area contributed by atoms with Crippen LogP contribution in [0.15, 0.2) is 21.9 Å². The van der Waals surface area contributed by atoms with Gasteiger partial charge in [-0.3, -0.25) is 19.2 Å². The highest BCUT2D eigenvalue weighted by molar-refractivity contribution is 6.74. The molecule has 0 saturated carbocycles. The average Bonchev–Trinajstić information content (AvgIpc) is 3.33. The number of ether oxygens (including phenoxy) is 2. The van der Waals surface area contributed by atoms with Gasteiger partial charge in [-0.1, -0.05) is 125 Å². The molecule has 1 aliphatic heterocycles. The largest absolute Gasteiger partial charge is 0.408 e. The van der Waals surface area contributed by atoms with Crippen LogP contribution in [0, 0.1) is 0 Å². The van der Waals surface area contributed by atoms with Crippen molar-refractivity contribution in [3.05, 3.63) is 33.1 Å². The maximum Gasteiger partial charge on any atom is 0.330 e. The molecule has 46 heavy (non-hydrogen) atoms. The van der Waals surface area contributed by atoms with Gasteiger partial charge in [0.05, 0.1) is 6.61 Å². The predicted octanol–water partition coefficient (Wildman–Crippen LogP) is 8.35. The number of hydrogen-bond donors (Lipinski definition) is 1. The SMILES string of the molecule is CCCCCCCCCCN(CCCCCCCCCC)OC[C@H]1O[C@@H](n2ccc(=O)[nH]c2=O)C(OC)C1O[Si](C)(C)C(C)(C)C. The van der Waals surface area contributed by atoms with E-state index in [1.807, 2.05) is 0 Å². The van der Waals surface area contributed by atoms with E-state index >= 15 is 0 Å². The van der Waals surface area contributed by atoms with E-state index in [1.165, 1.54) is 107 Å². The van der Waals surface area contributed by atoms with Crippen LogP contribution in [0.1, 0.15) is 144 Å². The second-order valence-corrected chi connectivity index (χ2v) is 19.6. The minimum atomic E-state index is -2.24. The van der Waals surface area contributed by atoms with Crippen molar-refractivity contribution < 1.29 is 18.7 Å². The summed E-state index contributed by atoms with van der Waals surface area (Å²) in [5.74, 6) is 0. The summed E-state index contributed by atoms with van der Waals surface area (Å²) < 4.78 is 20.8. The fourth-order valence-corrected chi connectivity index (χ4v) is 7.19. The van der Waals surface area contributed by atoms with E-state index in [-0.39, 0.29) is 5.04 Å². The van der Waals surface area contributed by atoms with Crippen molar-refractivity contribution in [1.29, 1.82) is 0 Å². The summed E-state index contributed by atoms with van der Waals surface area (Å²) in [6.07, 6.45) is 19.7. The van der Waals surface area contributed by atoms with Crippen LogP contribution in [0.2, 0.25) is 18.1 Å². The van der Waals surface area contributed by atoms with Crippen LogP contribution < -0.4 is 11.2 Å². The van der Waals surface area contributed by atoms with Crippen LogP contribution in [0.5, 0.6) is 0 Å². The predicted molar refractivity (Wildman–Crippen MR) is 191 cm³/mol. The van der Waals surface area contributed by atoms with Crippen LogP contribution in [-0.2, 0) is 18.7 Å². The zero-order chi connectivity index (χ0) is 34.0. The first kappa shape index (κ1) is 40.9. The number of nitrogens with zero attached hydrogens (tertiary/aromatic N) is 2. The molecule has 0 bridgehead atoms. The van der Waals surface area contributed by atoms with Crippen molar-refractivity contribution in [3.63, 3.8) is 0 Å². The van der Waals surface area contributed by atoms with E-state index in [2.05, 4.69) is 57.8 Å². The van der Waals surface area contributed by atoms with Crippen LogP contribution in [0.25, 0.3) is 0 Å². The van der Waals surface area contributed by atoms with Gasteiger partial charge in [-0.15, -0.1) is 0 Å². The van der Waals surface area contributed by atoms with Crippen molar-refractivity contribution in [2.75, 3.05) is 26.8 Å². The second kappa shape index (κ2) is 21.6. The number of hydrogen-bond acceptors (Lipinski definition) is 7. The van der Waals surface area contributed by atoms with E-state index in [9.17, 15) is 9.59 Å². The monoisotopic (exact) mass is 667 g/mol. The molecule has 0 spiro atoms. The van der Waals surface area contributed by atoms with E-state index in [4.69, 9.17) is 18.7 Å². The first-order valence-electron chi connectivity index (χ1n) is 18.5. The Balaban J connectivity index is 2.12. The van der Waals surface area contributed by atoms with Crippen molar-refractivity contribution >= 4 is 8.32 Å². The lowest BCUT2D eigenvalue weighted by Crippen LogP contribution is -2.50. The molecule has 1 aromatic heterocycles. The normalized spacial score (nSPS) is 20.6. The Bertz CT molecular complexity index is 1040. The van der Waals surface area contributed by atoms with Gasteiger partial charge in [-0.25, -0.2) is 4.79 Å². The van der Waals surface area contributed by atoms with Crippen molar-refractivity contribution in [2.24, 2.45) is 0 Å². The minimum Gasteiger partial charge on any atom is -0.408 e. The molecule has 268 valence electrons. The fourth-order valence-electron chi connectivity index (χ4n) is 5.87. The number of methoxy groups -OCH3 is 1. The van der Waals surface area contributed by atoms with Crippen LogP contribution in [0.3, 0.4) is 0 Å². The third kappa shape index (κ3) is 14.0. The lowest BCUT2D eigenvalue weighted by atomic mass is 10.1. The summed E-state index contributed by atoms with van der Waals surface area (Å²) in [5, 5.41) is 2.12. The Morgan fingerprint density at radius 1 is 0.826 bits per heavy atom. The Morgan fingerprint density at radius 3 is 1.78 bits per heavy atom. The number of nitrogens with one attached hydrogen (secondary N) is 1. The molecule has 0 aromatic carbocycles. The van der Waals surface area contributed by atoms with Gasteiger partial charge in [0.25, 0.3) is 5.56 Å². The standard InChI is InChI=1S/C36H69N3O6Si/c1-9-11-13-15-17-19-21-23-26-38(27-24-22-20-18-16-14-12-10-2)43-29-30-32(45-46(7,8)36(3,4)5)33(42-6)34(44-30)39-28-25-31(40)37-35(39)41/h25,28,30,32-34H,9-24,26-27,29H2,1-8H3,(H,37,40,41)/t30-,32?,33?,34-/m1/s1. The Labute approximate surface area is 281 Å². The highest BCUT2D eigenvalue weighted by Gasteiger charge is 2.51. The van der Waals surface area contributed by atoms with Crippen LogP contribution in [-0.4, -0.2) is 68.0 Å². The van der Waals surface area contributed by atoms with Gasteiger partial charge in [0.1, 0.15) is 18.3 Å². The number of H-pyrrole nitrogens is 1. The molecule has 1 aliphatic rings. The smallest absolute Gasteiger partial charge is 0.330 e. The van der Waals surface area contributed by atoms with Gasteiger partial charge >= 0.3 is 5.69 Å². The van der Waals surface area contributed by atoms with Gasteiger partial charge in [-0.2, -0.15) is 5.06 Å². The first-order chi connectivity index (χ1) is 21.9. The summed E-state index contributed by atoms with van der Waals surface area (Å²) in [5.41, 5.74) is -0.974. The molecule has 1 aromatic rings. The third-order valence-electron chi connectivity index (χ3n) is 9.86. The van der Waals surface area contributed by atoms with Gasteiger partial charge in [0.2, 0.25) is 0 Å². The molecule has 2 heterocycles. The molecule has 0 radical (unpaired) electrons. The summed E-state index contributed by atoms with van der Waals surface area (Å²) in [6, 6.07) is 1.33. The first-order valence-corrected chi connectivity index (χ1v) is 21.4. The highest BCUT2D eigenvalue weighted by atomic mass is 28.4. The second-order valence-electron chi connectivity index (χ2n) is 14.8. The number of aromatic amines is 1. The van der Waals surface area contributed by atoms with E-state index in [0.717, 1.165) is 25.9 Å². The Morgan fingerprint density at radius 2 is 1.33 bits per heavy atom. The topological polar surface area (TPSA) is 95.0 Å². The zero-order valence-electron chi connectivity index (χ0n) is 30.7. The lowest BCUT2D eigenvalue weighted by molar-refractivity contribution is -0.193. The summed E-state index contributed by atoms with van der Waals surface area (Å²) in [4.78, 5) is 33.5. The maximum atomic E-state index is 12.8. The van der Waals surface area contributed by atoms with Crippen molar-refractivity contribution in [1.82, 2.24) is 14.6 Å². The molecular formula is C36H69N3O6Si. The lowest BCUT2D eigenvalue weighted by Gasteiger charge is -2.40. The van der Waals surface area contributed by atoms with E-state index < -0.39 is 44.1 Å². The van der Waals surface area contributed by atoms with Gasteiger partial charge in [-0.05, 0) is 31.0 Å². The molecule has 2 unspecified atom stereocenters. The quantitative estimate of drug-likeness (QED) is 0.0636. The van der Waals surface area contributed by atoms with Gasteiger partial charge < -0.3 is 13.9 Å². The van der Waals surface area contributed by atoms with Gasteiger partial charge in [0.15, 0.2) is 14.5 Å². The molecule has 1 fully saturated rings. The molecule has 0 aliphatic carbocycles. The maximum absolute atomic E-state index is 12.8. The summed E-state index contributed by atoms with van der Waals surface area (Å²) >= 11 is 0. The molecule has 4 atom stereocenters. The van der Waals surface area contributed by atoms with E-state index in [0.29, 0.717) is 6.61 Å². The molecule has 0 amide bonds. The molecular weight excluding hydrogens is 598 g/mol. The number of rotatable bonds is 25. The average molecular weight is 668 g/mol. The zero-order valence-corrected chi connectivity index (χ0v) is 31.7. The molecule has 9 nitrogen and oxygen atoms in total. The summed E-state index contributed by atoms with van der Waals surface area (Å²) in [7, 11) is -0.614. The molecule has 1 saturated heterocycles. The third-order valence-corrected chi connectivity index (χ3v) is 14.3. The number of unbranched alkanes of at least 4 members (excludes halogenated alkanes) is 14. The molecule has 10 heteroatoms.